The summed E-state index contributed by atoms with van der Waals surface area (Å²) in [4.78, 5) is 19.1. The second-order valence-electron chi connectivity index (χ2n) is 6.96. The molecule has 0 radical (unpaired) electrons. The average molecular weight is 363 g/mol. The maximum Gasteiger partial charge on any atom is 0.228 e. The third-order valence-corrected chi connectivity index (χ3v) is 5.02. The molecule has 0 saturated carbocycles. The van der Waals surface area contributed by atoms with Crippen LogP contribution in [0.25, 0.3) is 10.8 Å². The van der Waals surface area contributed by atoms with E-state index < -0.39 is 0 Å². The fraction of sp³-hybridized carbons (Fsp3) is 0.273. The Labute approximate surface area is 158 Å². The van der Waals surface area contributed by atoms with Crippen LogP contribution >= 0.6 is 0 Å². The summed E-state index contributed by atoms with van der Waals surface area (Å²) in [5.74, 6) is -0.502. The Bertz CT molecular complexity index is 967. The van der Waals surface area contributed by atoms with Crippen molar-refractivity contribution < 1.29 is 9.18 Å². The van der Waals surface area contributed by atoms with Gasteiger partial charge in [-0.05, 0) is 55.2 Å². The molecule has 1 N–H and O–H groups in total. The van der Waals surface area contributed by atoms with Gasteiger partial charge in [0.25, 0.3) is 0 Å². The van der Waals surface area contributed by atoms with Crippen molar-refractivity contribution >= 4 is 28.1 Å². The van der Waals surface area contributed by atoms with Crippen LogP contribution in [0.3, 0.4) is 0 Å². The molecule has 0 atom stereocenters. The normalized spacial score (nSPS) is 14.3. The molecular weight excluding hydrogens is 341 g/mol. The van der Waals surface area contributed by atoms with E-state index in [2.05, 4.69) is 21.3 Å². The molecule has 0 bridgehead atoms. The first kappa shape index (κ1) is 17.5. The molecule has 1 aliphatic rings. The highest BCUT2D eigenvalue weighted by Crippen LogP contribution is 2.33. The van der Waals surface area contributed by atoms with Crippen molar-refractivity contribution in [3.63, 3.8) is 0 Å². The molecular formula is C22H22FN3O. The van der Waals surface area contributed by atoms with Gasteiger partial charge in [0, 0.05) is 41.9 Å². The van der Waals surface area contributed by atoms with Gasteiger partial charge in [-0.2, -0.15) is 0 Å². The molecule has 0 unspecified atom stereocenters. The van der Waals surface area contributed by atoms with Crippen molar-refractivity contribution in [3.8, 4) is 0 Å². The number of pyridine rings is 1. The van der Waals surface area contributed by atoms with Gasteiger partial charge >= 0.3 is 0 Å². The summed E-state index contributed by atoms with van der Waals surface area (Å²) >= 11 is 0. The number of hydrogen-bond donors (Lipinski definition) is 1. The number of rotatable bonds is 4. The SMILES string of the molecule is O=C(Cc1cccc(F)c1)Nc1ccc(N2CCCCC2)c2ccncc12. The highest BCUT2D eigenvalue weighted by Gasteiger charge is 2.16. The molecule has 1 fully saturated rings. The fourth-order valence-electron chi connectivity index (χ4n) is 3.72. The first-order valence-corrected chi connectivity index (χ1v) is 9.37. The number of hydrogen-bond acceptors (Lipinski definition) is 3. The fourth-order valence-corrected chi connectivity index (χ4v) is 3.72. The van der Waals surface area contributed by atoms with Crippen LogP contribution in [-0.4, -0.2) is 24.0 Å². The Kier molecular flexibility index (Phi) is 5.01. The van der Waals surface area contributed by atoms with E-state index in [1.54, 1.807) is 24.5 Å². The predicted octanol–water partition coefficient (Wildman–Crippen LogP) is 4.55. The van der Waals surface area contributed by atoms with Crippen molar-refractivity contribution in [3.05, 3.63) is 66.2 Å². The van der Waals surface area contributed by atoms with Crippen LogP contribution in [0.5, 0.6) is 0 Å². The molecule has 1 aliphatic heterocycles. The first-order chi connectivity index (χ1) is 13.2. The highest BCUT2D eigenvalue weighted by atomic mass is 19.1. The summed E-state index contributed by atoms with van der Waals surface area (Å²) < 4.78 is 13.3. The molecule has 1 saturated heterocycles. The average Bonchev–Trinajstić information content (AvgIpc) is 2.69. The topological polar surface area (TPSA) is 45.2 Å². The third kappa shape index (κ3) is 3.92. The number of piperidine rings is 1. The molecule has 4 rings (SSSR count). The zero-order valence-corrected chi connectivity index (χ0v) is 15.1. The summed E-state index contributed by atoms with van der Waals surface area (Å²) in [5.41, 5.74) is 2.58. The highest BCUT2D eigenvalue weighted by molar-refractivity contribution is 6.06. The quantitative estimate of drug-likeness (QED) is 0.740. The molecule has 4 nitrogen and oxygen atoms in total. The number of benzene rings is 2. The largest absolute Gasteiger partial charge is 0.371 e. The molecule has 1 aromatic heterocycles. The van der Waals surface area contributed by atoms with E-state index in [1.807, 2.05) is 12.1 Å². The van der Waals surface area contributed by atoms with Crippen LogP contribution in [0.4, 0.5) is 15.8 Å². The number of nitrogens with one attached hydrogen (secondary N) is 1. The van der Waals surface area contributed by atoms with Crippen LogP contribution in [0, 0.1) is 5.82 Å². The number of carbonyl (C=O) groups is 1. The first-order valence-electron chi connectivity index (χ1n) is 9.37. The maximum atomic E-state index is 13.3. The van der Waals surface area contributed by atoms with Gasteiger partial charge in [0.05, 0.1) is 12.1 Å². The molecule has 3 aromatic rings. The Morgan fingerprint density at radius 2 is 1.93 bits per heavy atom. The van der Waals surface area contributed by atoms with E-state index >= 15 is 0 Å². The molecule has 1 amide bonds. The Morgan fingerprint density at radius 3 is 2.74 bits per heavy atom. The van der Waals surface area contributed by atoms with E-state index in [9.17, 15) is 9.18 Å². The zero-order valence-electron chi connectivity index (χ0n) is 15.1. The Hall–Kier alpha value is -2.95. The standard InChI is InChI=1S/C22H22FN3O/c23-17-6-4-5-16(13-17)14-22(27)25-20-7-8-21(26-11-2-1-3-12-26)18-9-10-24-15-19(18)20/h4-10,13,15H,1-3,11-12,14H2,(H,25,27). The monoisotopic (exact) mass is 363 g/mol. The van der Waals surface area contributed by atoms with Crippen LogP contribution in [0.2, 0.25) is 0 Å². The minimum absolute atomic E-state index is 0.132. The molecule has 27 heavy (non-hydrogen) atoms. The van der Waals surface area contributed by atoms with Gasteiger partial charge in [0.1, 0.15) is 5.82 Å². The lowest BCUT2D eigenvalue weighted by Crippen LogP contribution is -2.29. The van der Waals surface area contributed by atoms with Gasteiger partial charge in [0.2, 0.25) is 5.91 Å². The summed E-state index contributed by atoms with van der Waals surface area (Å²) in [6.45, 7) is 2.12. The van der Waals surface area contributed by atoms with Crippen LogP contribution in [-0.2, 0) is 11.2 Å². The van der Waals surface area contributed by atoms with Gasteiger partial charge in [-0.3, -0.25) is 9.78 Å². The molecule has 0 spiro atoms. The number of amides is 1. The number of fused-ring (bicyclic) bond motifs is 1. The second-order valence-corrected chi connectivity index (χ2v) is 6.96. The van der Waals surface area contributed by atoms with E-state index in [1.165, 1.54) is 37.1 Å². The molecule has 2 heterocycles. The lowest BCUT2D eigenvalue weighted by Gasteiger charge is -2.30. The molecule has 2 aromatic carbocycles. The van der Waals surface area contributed by atoms with Gasteiger partial charge < -0.3 is 10.2 Å². The maximum absolute atomic E-state index is 13.3. The zero-order chi connectivity index (χ0) is 18.6. The van der Waals surface area contributed by atoms with Crippen LogP contribution < -0.4 is 10.2 Å². The van der Waals surface area contributed by atoms with Crippen molar-refractivity contribution in [2.45, 2.75) is 25.7 Å². The summed E-state index contributed by atoms with van der Waals surface area (Å²) in [7, 11) is 0. The number of anilines is 2. The smallest absolute Gasteiger partial charge is 0.228 e. The lowest BCUT2D eigenvalue weighted by atomic mass is 10.0. The summed E-state index contributed by atoms with van der Waals surface area (Å²) in [5, 5.41) is 4.98. The van der Waals surface area contributed by atoms with Crippen molar-refractivity contribution in [2.75, 3.05) is 23.3 Å². The Morgan fingerprint density at radius 1 is 1.07 bits per heavy atom. The summed E-state index contributed by atoms with van der Waals surface area (Å²) in [6, 6.07) is 12.1. The predicted molar refractivity (Wildman–Crippen MR) is 107 cm³/mol. The molecule has 5 heteroatoms. The van der Waals surface area contributed by atoms with E-state index in [-0.39, 0.29) is 18.1 Å². The number of carbonyl (C=O) groups excluding carboxylic acids is 1. The van der Waals surface area contributed by atoms with Crippen molar-refractivity contribution in [2.24, 2.45) is 0 Å². The van der Waals surface area contributed by atoms with Gasteiger partial charge in [-0.15, -0.1) is 0 Å². The van der Waals surface area contributed by atoms with E-state index in [0.717, 1.165) is 29.5 Å². The van der Waals surface area contributed by atoms with E-state index in [0.29, 0.717) is 5.56 Å². The van der Waals surface area contributed by atoms with Crippen molar-refractivity contribution in [1.29, 1.82) is 0 Å². The van der Waals surface area contributed by atoms with Crippen LogP contribution in [0.1, 0.15) is 24.8 Å². The number of aromatic nitrogens is 1. The third-order valence-electron chi connectivity index (χ3n) is 5.02. The Balaban J connectivity index is 1.59. The number of nitrogens with zero attached hydrogens (tertiary/aromatic N) is 2. The minimum atomic E-state index is -0.333. The van der Waals surface area contributed by atoms with E-state index in [4.69, 9.17) is 0 Å². The van der Waals surface area contributed by atoms with Gasteiger partial charge in [-0.25, -0.2) is 4.39 Å². The second kappa shape index (κ2) is 7.74. The minimum Gasteiger partial charge on any atom is -0.371 e. The van der Waals surface area contributed by atoms with Gasteiger partial charge in [-0.1, -0.05) is 12.1 Å². The molecule has 0 aliphatic carbocycles. The van der Waals surface area contributed by atoms with Gasteiger partial charge in [0.15, 0.2) is 0 Å². The number of halogens is 1. The lowest BCUT2D eigenvalue weighted by molar-refractivity contribution is -0.115. The van der Waals surface area contributed by atoms with Crippen molar-refractivity contribution in [1.82, 2.24) is 4.98 Å². The molecule has 138 valence electrons. The van der Waals surface area contributed by atoms with Crippen LogP contribution in [0.15, 0.2) is 54.9 Å². The summed E-state index contributed by atoms with van der Waals surface area (Å²) in [6.07, 6.45) is 7.41.